The molecule has 1 heteroatoms. The predicted octanol–water partition coefficient (Wildman–Crippen LogP) is 4.27. The SMILES string of the molecule is CCCCCNC1CCC2(CCCC2)CC1. The van der Waals surface area contributed by atoms with E-state index in [1.807, 2.05) is 0 Å². The van der Waals surface area contributed by atoms with Crippen LogP contribution in [0.5, 0.6) is 0 Å². The molecular weight excluding hydrogens is 194 g/mol. The second-order valence-corrected chi connectivity index (χ2v) is 6.14. The topological polar surface area (TPSA) is 12.0 Å². The van der Waals surface area contributed by atoms with Crippen LogP contribution in [-0.4, -0.2) is 12.6 Å². The first-order valence-corrected chi connectivity index (χ1v) is 7.58. The highest BCUT2D eigenvalue weighted by Crippen LogP contribution is 2.48. The van der Waals surface area contributed by atoms with E-state index < -0.39 is 0 Å². The van der Waals surface area contributed by atoms with Gasteiger partial charge >= 0.3 is 0 Å². The Hall–Kier alpha value is -0.0400. The molecule has 0 aliphatic heterocycles. The molecule has 2 aliphatic carbocycles. The fourth-order valence-electron chi connectivity index (χ4n) is 3.74. The lowest BCUT2D eigenvalue weighted by Gasteiger charge is -2.37. The second-order valence-electron chi connectivity index (χ2n) is 6.14. The van der Waals surface area contributed by atoms with Crippen LogP contribution in [0.3, 0.4) is 0 Å². The molecule has 0 aromatic heterocycles. The van der Waals surface area contributed by atoms with Gasteiger partial charge in [0.15, 0.2) is 0 Å². The van der Waals surface area contributed by atoms with E-state index in [2.05, 4.69) is 12.2 Å². The Balaban J connectivity index is 1.61. The number of unbranched alkanes of at least 4 members (excludes halogenated alkanes) is 2. The van der Waals surface area contributed by atoms with Crippen molar-refractivity contribution in [2.45, 2.75) is 83.6 Å². The highest BCUT2D eigenvalue weighted by atomic mass is 14.9. The van der Waals surface area contributed by atoms with Crippen molar-refractivity contribution in [3.8, 4) is 0 Å². The van der Waals surface area contributed by atoms with Crippen molar-refractivity contribution in [3.05, 3.63) is 0 Å². The first-order chi connectivity index (χ1) is 7.85. The van der Waals surface area contributed by atoms with Crippen LogP contribution in [0.1, 0.15) is 77.6 Å². The Bertz CT molecular complexity index is 184. The molecule has 0 saturated heterocycles. The lowest BCUT2D eigenvalue weighted by atomic mass is 9.71. The third-order valence-corrected chi connectivity index (χ3v) is 4.92. The molecule has 0 aromatic rings. The lowest BCUT2D eigenvalue weighted by Crippen LogP contribution is -2.37. The normalized spacial score (nSPS) is 25.3. The molecule has 1 N–H and O–H groups in total. The van der Waals surface area contributed by atoms with Gasteiger partial charge in [0.25, 0.3) is 0 Å². The molecule has 2 fully saturated rings. The number of rotatable bonds is 5. The quantitative estimate of drug-likeness (QED) is 0.686. The average molecular weight is 223 g/mol. The number of nitrogens with one attached hydrogen (secondary N) is 1. The van der Waals surface area contributed by atoms with Crippen LogP contribution in [0.2, 0.25) is 0 Å². The van der Waals surface area contributed by atoms with Crippen LogP contribution in [0.15, 0.2) is 0 Å². The summed E-state index contributed by atoms with van der Waals surface area (Å²) >= 11 is 0. The lowest BCUT2D eigenvalue weighted by molar-refractivity contribution is 0.168. The highest BCUT2D eigenvalue weighted by Gasteiger charge is 2.37. The zero-order valence-electron chi connectivity index (χ0n) is 11.1. The smallest absolute Gasteiger partial charge is 0.00674 e. The minimum atomic E-state index is 0.807. The molecule has 1 spiro atoms. The van der Waals surface area contributed by atoms with Gasteiger partial charge in [-0.1, -0.05) is 32.6 Å². The Morgan fingerprint density at radius 3 is 2.31 bits per heavy atom. The van der Waals surface area contributed by atoms with Crippen molar-refractivity contribution in [1.29, 1.82) is 0 Å². The van der Waals surface area contributed by atoms with E-state index in [4.69, 9.17) is 0 Å². The minimum absolute atomic E-state index is 0.807. The highest BCUT2D eigenvalue weighted by molar-refractivity contribution is 4.91. The van der Waals surface area contributed by atoms with Gasteiger partial charge in [0, 0.05) is 6.04 Å². The largest absolute Gasteiger partial charge is 0.314 e. The maximum Gasteiger partial charge on any atom is 0.00674 e. The molecule has 0 heterocycles. The van der Waals surface area contributed by atoms with E-state index in [0.717, 1.165) is 11.5 Å². The molecule has 94 valence electrons. The Kier molecular flexibility index (Phi) is 4.69. The van der Waals surface area contributed by atoms with Crippen molar-refractivity contribution in [3.63, 3.8) is 0 Å². The molecule has 1 nitrogen and oxygen atoms in total. The van der Waals surface area contributed by atoms with Crippen LogP contribution in [-0.2, 0) is 0 Å². The summed E-state index contributed by atoms with van der Waals surface area (Å²) in [7, 11) is 0. The molecule has 0 aromatic carbocycles. The summed E-state index contributed by atoms with van der Waals surface area (Å²) in [5, 5.41) is 3.76. The molecule has 2 saturated carbocycles. The Morgan fingerprint density at radius 2 is 1.69 bits per heavy atom. The van der Waals surface area contributed by atoms with E-state index in [9.17, 15) is 0 Å². The first-order valence-electron chi connectivity index (χ1n) is 7.58. The maximum atomic E-state index is 3.76. The van der Waals surface area contributed by atoms with Gasteiger partial charge in [0.05, 0.1) is 0 Å². The summed E-state index contributed by atoms with van der Waals surface area (Å²) in [6.07, 6.45) is 16.1. The monoisotopic (exact) mass is 223 g/mol. The summed E-state index contributed by atoms with van der Waals surface area (Å²) < 4.78 is 0. The fourth-order valence-corrected chi connectivity index (χ4v) is 3.74. The summed E-state index contributed by atoms with van der Waals surface area (Å²) in [6.45, 7) is 3.54. The van der Waals surface area contributed by atoms with Crippen LogP contribution in [0, 0.1) is 5.41 Å². The average Bonchev–Trinajstić information content (AvgIpc) is 2.76. The maximum absolute atomic E-state index is 3.76. The number of hydrogen-bond donors (Lipinski definition) is 1. The second kappa shape index (κ2) is 6.05. The molecule has 2 aliphatic rings. The van der Waals surface area contributed by atoms with Crippen molar-refractivity contribution in [2.75, 3.05) is 6.54 Å². The van der Waals surface area contributed by atoms with Gasteiger partial charge in [-0.15, -0.1) is 0 Å². The van der Waals surface area contributed by atoms with Crippen molar-refractivity contribution in [1.82, 2.24) is 5.32 Å². The van der Waals surface area contributed by atoms with Gasteiger partial charge in [-0.3, -0.25) is 0 Å². The zero-order chi connectivity index (χ0) is 11.3. The van der Waals surface area contributed by atoms with E-state index in [1.165, 1.54) is 77.2 Å². The van der Waals surface area contributed by atoms with Crippen molar-refractivity contribution >= 4 is 0 Å². The summed E-state index contributed by atoms with van der Waals surface area (Å²) in [4.78, 5) is 0. The van der Waals surface area contributed by atoms with Gasteiger partial charge in [-0.25, -0.2) is 0 Å². The summed E-state index contributed by atoms with van der Waals surface area (Å²) in [5.41, 5.74) is 0.807. The van der Waals surface area contributed by atoms with Gasteiger partial charge in [0.1, 0.15) is 0 Å². The van der Waals surface area contributed by atoms with E-state index >= 15 is 0 Å². The van der Waals surface area contributed by atoms with Crippen molar-refractivity contribution < 1.29 is 0 Å². The molecule has 0 bridgehead atoms. The fraction of sp³-hybridized carbons (Fsp3) is 1.00. The molecule has 0 unspecified atom stereocenters. The molecule has 0 amide bonds. The van der Waals surface area contributed by atoms with Gasteiger partial charge < -0.3 is 5.32 Å². The third-order valence-electron chi connectivity index (χ3n) is 4.92. The van der Waals surface area contributed by atoms with Crippen LogP contribution in [0.25, 0.3) is 0 Å². The van der Waals surface area contributed by atoms with Crippen LogP contribution in [0.4, 0.5) is 0 Å². The minimum Gasteiger partial charge on any atom is -0.314 e. The van der Waals surface area contributed by atoms with Gasteiger partial charge in [-0.2, -0.15) is 0 Å². The van der Waals surface area contributed by atoms with E-state index in [1.54, 1.807) is 0 Å². The van der Waals surface area contributed by atoms with Gasteiger partial charge in [-0.05, 0) is 56.9 Å². The Morgan fingerprint density at radius 1 is 1.00 bits per heavy atom. The zero-order valence-corrected chi connectivity index (χ0v) is 11.1. The molecule has 2 rings (SSSR count). The molecular formula is C15H29N. The van der Waals surface area contributed by atoms with Gasteiger partial charge in [0.2, 0.25) is 0 Å². The standard InChI is InChI=1S/C15H29N/c1-2-3-6-13-16-14-7-11-15(12-8-14)9-4-5-10-15/h14,16H,2-13H2,1H3. The van der Waals surface area contributed by atoms with E-state index in [0.29, 0.717) is 0 Å². The summed E-state index contributed by atoms with van der Waals surface area (Å²) in [5.74, 6) is 0. The van der Waals surface area contributed by atoms with Crippen molar-refractivity contribution in [2.24, 2.45) is 5.41 Å². The molecule has 0 radical (unpaired) electrons. The predicted molar refractivity (Wildman–Crippen MR) is 70.7 cm³/mol. The molecule has 0 atom stereocenters. The number of hydrogen-bond acceptors (Lipinski definition) is 1. The van der Waals surface area contributed by atoms with Crippen LogP contribution >= 0.6 is 0 Å². The third kappa shape index (κ3) is 3.23. The van der Waals surface area contributed by atoms with Crippen LogP contribution < -0.4 is 5.32 Å². The summed E-state index contributed by atoms with van der Waals surface area (Å²) in [6, 6.07) is 0.850. The Labute approximate surface area is 101 Å². The van der Waals surface area contributed by atoms with E-state index in [-0.39, 0.29) is 0 Å². The molecule has 16 heavy (non-hydrogen) atoms. The first kappa shape index (κ1) is 12.4.